The fourth-order valence-corrected chi connectivity index (χ4v) is 3.36. The Morgan fingerprint density at radius 1 is 1.17 bits per heavy atom. The van der Waals surface area contributed by atoms with Gasteiger partial charge in [0, 0.05) is 13.0 Å². The molecule has 0 saturated carbocycles. The number of likely N-dealkylation sites (tertiary alicyclic amines) is 1. The predicted molar refractivity (Wildman–Crippen MR) is 90.0 cm³/mol. The van der Waals surface area contributed by atoms with Crippen molar-refractivity contribution in [1.82, 2.24) is 4.90 Å². The Morgan fingerprint density at radius 2 is 1.91 bits per heavy atom. The molecule has 0 radical (unpaired) electrons. The largest absolute Gasteiger partial charge is 0.469 e. The maximum absolute atomic E-state index is 11.3. The van der Waals surface area contributed by atoms with Crippen molar-refractivity contribution in [3.05, 3.63) is 59.5 Å². The van der Waals surface area contributed by atoms with E-state index >= 15 is 0 Å². The van der Waals surface area contributed by atoms with Crippen molar-refractivity contribution in [3.63, 3.8) is 0 Å². The third kappa shape index (κ3) is 4.23. The summed E-state index contributed by atoms with van der Waals surface area (Å²) in [5.74, 6) is 1.04. The number of rotatable bonds is 6. The van der Waals surface area contributed by atoms with Gasteiger partial charge < -0.3 is 10.2 Å². The third-order valence-corrected chi connectivity index (χ3v) is 4.75. The molecular formula is C19H24N2O2. The molecule has 3 rings (SSSR count). The van der Waals surface area contributed by atoms with E-state index in [1.807, 2.05) is 0 Å². The highest BCUT2D eigenvalue weighted by Gasteiger charge is 2.20. The number of aryl methyl sites for hydroxylation is 1. The van der Waals surface area contributed by atoms with Gasteiger partial charge in [-0.25, -0.2) is 0 Å². The summed E-state index contributed by atoms with van der Waals surface area (Å²) in [5, 5.41) is 0. The second-order valence-corrected chi connectivity index (χ2v) is 6.37. The van der Waals surface area contributed by atoms with Gasteiger partial charge in [-0.15, -0.1) is 0 Å². The van der Waals surface area contributed by atoms with E-state index in [0.29, 0.717) is 11.5 Å². The number of carbonyl (C=O) groups is 1. The summed E-state index contributed by atoms with van der Waals surface area (Å²) in [4.78, 5) is 13.8. The van der Waals surface area contributed by atoms with E-state index in [9.17, 15) is 4.79 Å². The van der Waals surface area contributed by atoms with Crippen LogP contribution in [0.15, 0.2) is 47.1 Å². The molecule has 1 aliphatic rings. The molecule has 23 heavy (non-hydrogen) atoms. The molecule has 2 aromatic rings. The zero-order valence-corrected chi connectivity index (χ0v) is 13.4. The number of hydrogen-bond donors (Lipinski definition) is 1. The van der Waals surface area contributed by atoms with Crippen molar-refractivity contribution in [2.75, 3.05) is 13.1 Å². The summed E-state index contributed by atoms with van der Waals surface area (Å²) >= 11 is 0. The molecule has 0 spiro atoms. The van der Waals surface area contributed by atoms with Gasteiger partial charge in [-0.1, -0.05) is 30.3 Å². The zero-order valence-electron chi connectivity index (χ0n) is 13.4. The second kappa shape index (κ2) is 7.47. The fourth-order valence-electron chi connectivity index (χ4n) is 3.36. The molecular weight excluding hydrogens is 288 g/mol. The Morgan fingerprint density at radius 3 is 2.61 bits per heavy atom. The number of hydrogen-bond acceptors (Lipinski definition) is 3. The van der Waals surface area contributed by atoms with Gasteiger partial charge in [-0.2, -0.15) is 0 Å². The van der Waals surface area contributed by atoms with Crippen LogP contribution in [0.5, 0.6) is 0 Å². The number of furan rings is 1. The van der Waals surface area contributed by atoms with Gasteiger partial charge >= 0.3 is 0 Å². The summed E-state index contributed by atoms with van der Waals surface area (Å²) in [6.45, 7) is 3.32. The van der Waals surface area contributed by atoms with Crippen LogP contribution in [0.1, 0.15) is 40.9 Å². The number of amides is 1. The number of nitrogens with two attached hydrogens (primary N) is 1. The number of primary amides is 1. The van der Waals surface area contributed by atoms with Crippen molar-refractivity contribution in [2.24, 2.45) is 11.7 Å². The van der Waals surface area contributed by atoms with Crippen LogP contribution in [-0.4, -0.2) is 23.9 Å². The lowest BCUT2D eigenvalue weighted by molar-refractivity contribution is 0.0998. The summed E-state index contributed by atoms with van der Waals surface area (Å²) in [7, 11) is 0. The molecule has 1 amide bonds. The molecule has 0 atom stereocenters. The summed E-state index contributed by atoms with van der Waals surface area (Å²) in [6, 6.07) is 12.3. The highest BCUT2D eigenvalue weighted by atomic mass is 16.3. The molecule has 2 N–H and O–H groups in total. The fraction of sp³-hybridized carbons (Fsp3) is 0.421. The second-order valence-electron chi connectivity index (χ2n) is 6.37. The molecule has 2 heterocycles. The zero-order chi connectivity index (χ0) is 16.1. The average molecular weight is 312 g/mol. The van der Waals surface area contributed by atoms with Gasteiger partial charge in [-0.05, 0) is 49.9 Å². The van der Waals surface area contributed by atoms with Gasteiger partial charge in [0.05, 0.1) is 11.8 Å². The molecule has 122 valence electrons. The van der Waals surface area contributed by atoms with Gasteiger partial charge in [0.15, 0.2) is 0 Å². The Balaban J connectivity index is 1.44. The van der Waals surface area contributed by atoms with Gasteiger partial charge in [-0.3, -0.25) is 9.69 Å². The average Bonchev–Trinajstić information content (AvgIpc) is 3.04. The minimum absolute atomic E-state index is 0.397. The van der Waals surface area contributed by atoms with Crippen LogP contribution in [0.3, 0.4) is 0 Å². The standard InChI is InChI=1S/C19H24N2O2/c20-19(22)17-10-13-23-18(17)7-6-15-8-11-21(12-9-15)14-16-4-2-1-3-5-16/h1-5,10,13,15H,6-9,11-12,14H2,(H2,20,22). The predicted octanol–water partition coefficient (Wildman–Crippen LogP) is 3.22. The first-order valence-corrected chi connectivity index (χ1v) is 8.35. The van der Waals surface area contributed by atoms with Crippen LogP contribution in [0, 0.1) is 5.92 Å². The van der Waals surface area contributed by atoms with Crippen molar-refractivity contribution in [2.45, 2.75) is 32.2 Å². The lowest BCUT2D eigenvalue weighted by Gasteiger charge is -2.32. The monoisotopic (exact) mass is 312 g/mol. The van der Waals surface area contributed by atoms with Crippen molar-refractivity contribution < 1.29 is 9.21 Å². The SMILES string of the molecule is NC(=O)c1ccoc1CCC1CCN(Cc2ccccc2)CC1. The van der Waals surface area contributed by atoms with Gasteiger partial charge in [0.2, 0.25) is 0 Å². The molecule has 1 saturated heterocycles. The quantitative estimate of drug-likeness (QED) is 0.891. The summed E-state index contributed by atoms with van der Waals surface area (Å²) in [6.07, 6.45) is 5.83. The van der Waals surface area contributed by atoms with Crippen LogP contribution in [0.25, 0.3) is 0 Å². The van der Waals surface area contributed by atoms with Gasteiger partial charge in [0.1, 0.15) is 5.76 Å². The van der Waals surface area contributed by atoms with Crippen molar-refractivity contribution in [3.8, 4) is 0 Å². The first kappa shape index (κ1) is 15.8. The van der Waals surface area contributed by atoms with Gasteiger partial charge in [0.25, 0.3) is 5.91 Å². The Kier molecular flexibility index (Phi) is 5.13. The van der Waals surface area contributed by atoms with E-state index in [1.54, 1.807) is 12.3 Å². The first-order valence-electron chi connectivity index (χ1n) is 8.35. The van der Waals surface area contributed by atoms with E-state index in [1.165, 1.54) is 18.4 Å². The van der Waals surface area contributed by atoms with Crippen LogP contribution < -0.4 is 5.73 Å². The minimum Gasteiger partial charge on any atom is -0.469 e. The first-order chi connectivity index (χ1) is 11.2. The maximum Gasteiger partial charge on any atom is 0.252 e. The van der Waals surface area contributed by atoms with E-state index in [-0.39, 0.29) is 0 Å². The van der Waals surface area contributed by atoms with Crippen LogP contribution in [0.2, 0.25) is 0 Å². The van der Waals surface area contributed by atoms with Crippen LogP contribution in [-0.2, 0) is 13.0 Å². The Labute approximate surface area is 137 Å². The molecule has 4 nitrogen and oxygen atoms in total. The third-order valence-electron chi connectivity index (χ3n) is 4.75. The topological polar surface area (TPSA) is 59.5 Å². The molecule has 1 aliphatic heterocycles. The molecule has 1 aromatic heterocycles. The Bertz CT molecular complexity index is 628. The normalized spacial score (nSPS) is 16.5. The van der Waals surface area contributed by atoms with Crippen molar-refractivity contribution in [1.29, 1.82) is 0 Å². The number of benzene rings is 1. The highest BCUT2D eigenvalue weighted by molar-refractivity contribution is 5.93. The summed E-state index contributed by atoms with van der Waals surface area (Å²) in [5.41, 5.74) is 7.27. The van der Waals surface area contributed by atoms with E-state index in [0.717, 1.165) is 38.2 Å². The van der Waals surface area contributed by atoms with Crippen LogP contribution >= 0.6 is 0 Å². The lowest BCUT2D eigenvalue weighted by Crippen LogP contribution is -2.33. The number of piperidine rings is 1. The van der Waals surface area contributed by atoms with Crippen molar-refractivity contribution >= 4 is 5.91 Å². The molecule has 0 aliphatic carbocycles. The van der Waals surface area contributed by atoms with Crippen LogP contribution in [0.4, 0.5) is 0 Å². The molecule has 0 unspecified atom stereocenters. The maximum atomic E-state index is 11.3. The molecule has 4 heteroatoms. The minimum atomic E-state index is -0.397. The lowest BCUT2D eigenvalue weighted by atomic mass is 9.91. The smallest absolute Gasteiger partial charge is 0.252 e. The van der Waals surface area contributed by atoms with E-state index < -0.39 is 5.91 Å². The van der Waals surface area contributed by atoms with E-state index in [4.69, 9.17) is 10.2 Å². The number of carbonyl (C=O) groups excluding carboxylic acids is 1. The Hall–Kier alpha value is -2.07. The van der Waals surface area contributed by atoms with E-state index in [2.05, 4.69) is 35.2 Å². The highest BCUT2D eigenvalue weighted by Crippen LogP contribution is 2.24. The summed E-state index contributed by atoms with van der Waals surface area (Å²) < 4.78 is 5.41. The molecule has 1 fully saturated rings. The number of nitrogens with zero attached hydrogens (tertiary/aromatic N) is 1. The molecule has 0 bridgehead atoms. The molecule has 1 aromatic carbocycles.